The second kappa shape index (κ2) is 8.76. The van der Waals surface area contributed by atoms with Gasteiger partial charge in [0.1, 0.15) is 0 Å². The van der Waals surface area contributed by atoms with Crippen molar-refractivity contribution >= 4 is 23.2 Å². The van der Waals surface area contributed by atoms with Crippen LogP contribution in [0.1, 0.15) is 25.8 Å². The molecule has 0 heterocycles. The Hall–Kier alpha value is -0.280. The molecule has 1 N–H and O–H groups in total. The van der Waals surface area contributed by atoms with Gasteiger partial charge in [-0.25, -0.2) is 0 Å². The lowest BCUT2D eigenvalue weighted by Crippen LogP contribution is -2.17. The summed E-state index contributed by atoms with van der Waals surface area (Å²) >= 11 is 11.9. The Morgan fingerprint density at radius 2 is 1.83 bits per heavy atom. The molecular formula is C14H21Cl2NO. The molecular weight excluding hydrogens is 269 g/mol. The number of rotatable bonds is 8. The van der Waals surface area contributed by atoms with Crippen LogP contribution in [0, 0.1) is 5.92 Å². The van der Waals surface area contributed by atoms with Crippen LogP contribution in [0.5, 0.6) is 0 Å². The molecule has 2 nitrogen and oxygen atoms in total. The number of hydrogen-bond acceptors (Lipinski definition) is 2. The first-order chi connectivity index (χ1) is 8.58. The van der Waals surface area contributed by atoms with Gasteiger partial charge in [0.05, 0.1) is 0 Å². The molecule has 0 saturated heterocycles. The normalized spacial score (nSPS) is 11.2. The zero-order valence-corrected chi connectivity index (χ0v) is 12.5. The Labute approximate surface area is 120 Å². The van der Waals surface area contributed by atoms with E-state index in [-0.39, 0.29) is 0 Å². The van der Waals surface area contributed by atoms with Crippen molar-refractivity contribution < 1.29 is 4.74 Å². The third-order valence-corrected chi connectivity index (χ3v) is 2.78. The molecule has 0 aliphatic rings. The van der Waals surface area contributed by atoms with E-state index in [0.29, 0.717) is 16.0 Å². The Kier molecular flexibility index (Phi) is 7.68. The average Bonchev–Trinajstić information content (AvgIpc) is 2.26. The van der Waals surface area contributed by atoms with Gasteiger partial charge in [-0.3, -0.25) is 0 Å². The van der Waals surface area contributed by atoms with Crippen molar-refractivity contribution in [1.82, 2.24) is 5.32 Å². The first-order valence-corrected chi connectivity index (χ1v) is 7.07. The van der Waals surface area contributed by atoms with E-state index < -0.39 is 0 Å². The zero-order chi connectivity index (χ0) is 13.4. The maximum atomic E-state index is 5.93. The molecule has 0 radical (unpaired) electrons. The number of benzene rings is 1. The first kappa shape index (κ1) is 15.8. The number of hydrogen-bond donors (Lipinski definition) is 1. The van der Waals surface area contributed by atoms with Crippen LogP contribution in [0.4, 0.5) is 0 Å². The lowest BCUT2D eigenvalue weighted by Gasteiger charge is -2.08. The molecule has 1 aromatic rings. The van der Waals surface area contributed by atoms with Gasteiger partial charge >= 0.3 is 0 Å². The number of ether oxygens (including phenoxy) is 1. The maximum Gasteiger partial charge on any atom is 0.0489 e. The summed E-state index contributed by atoms with van der Waals surface area (Å²) in [5, 5.41) is 4.71. The second-order valence-corrected chi connectivity index (χ2v) is 5.65. The molecule has 4 heteroatoms. The third-order valence-electron chi connectivity index (χ3n) is 2.34. The molecule has 0 atom stereocenters. The van der Waals surface area contributed by atoms with Gasteiger partial charge in [0.15, 0.2) is 0 Å². The quantitative estimate of drug-likeness (QED) is 0.726. The van der Waals surface area contributed by atoms with Crippen molar-refractivity contribution in [3.8, 4) is 0 Å². The summed E-state index contributed by atoms with van der Waals surface area (Å²) in [5.74, 6) is 0.603. The number of nitrogens with one attached hydrogen (secondary N) is 1. The molecule has 0 saturated carbocycles. The smallest absolute Gasteiger partial charge is 0.0489 e. The largest absolute Gasteiger partial charge is 0.381 e. The highest BCUT2D eigenvalue weighted by Crippen LogP contribution is 2.18. The summed E-state index contributed by atoms with van der Waals surface area (Å²) in [6.45, 7) is 7.67. The summed E-state index contributed by atoms with van der Waals surface area (Å²) in [6.07, 6.45) is 1.01. The van der Waals surface area contributed by atoms with E-state index in [4.69, 9.17) is 27.9 Å². The van der Waals surface area contributed by atoms with E-state index >= 15 is 0 Å². The SMILES string of the molecule is CC(C)COCCCNCc1cc(Cl)cc(Cl)c1. The van der Waals surface area contributed by atoms with Crippen molar-refractivity contribution in [1.29, 1.82) is 0 Å². The molecule has 18 heavy (non-hydrogen) atoms. The molecule has 0 aromatic heterocycles. The lowest BCUT2D eigenvalue weighted by molar-refractivity contribution is 0.108. The average molecular weight is 290 g/mol. The molecule has 1 aromatic carbocycles. The minimum absolute atomic E-state index is 0.603. The molecule has 0 aliphatic heterocycles. The first-order valence-electron chi connectivity index (χ1n) is 6.31. The topological polar surface area (TPSA) is 21.3 Å². The van der Waals surface area contributed by atoms with Gasteiger partial charge in [0, 0.05) is 29.8 Å². The van der Waals surface area contributed by atoms with Crippen LogP contribution in [0.3, 0.4) is 0 Å². The maximum absolute atomic E-state index is 5.93. The van der Waals surface area contributed by atoms with E-state index in [9.17, 15) is 0 Å². The fourth-order valence-electron chi connectivity index (χ4n) is 1.56. The molecule has 0 spiro atoms. The molecule has 0 unspecified atom stereocenters. The van der Waals surface area contributed by atoms with Gasteiger partial charge < -0.3 is 10.1 Å². The Morgan fingerprint density at radius 3 is 2.44 bits per heavy atom. The molecule has 102 valence electrons. The Balaban J connectivity index is 2.10. The molecule has 0 amide bonds. The van der Waals surface area contributed by atoms with E-state index in [2.05, 4.69) is 19.2 Å². The Bertz CT molecular complexity index is 335. The molecule has 0 aliphatic carbocycles. The highest BCUT2D eigenvalue weighted by Gasteiger charge is 1.98. The van der Waals surface area contributed by atoms with Gasteiger partial charge in [-0.05, 0) is 42.6 Å². The van der Waals surface area contributed by atoms with Gasteiger partial charge in [0.2, 0.25) is 0 Å². The summed E-state index contributed by atoms with van der Waals surface area (Å²) in [7, 11) is 0. The van der Waals surface area contributed by atoms with Crippen LogP contribution in [0.25, 0.3) is 0 Å². The van der Waals surface area contributed by atoms with Crippen molar-refractivity contribution in [2.75, 3.05) is 19.8 Å². The van der Waals surface area contributed by atoms with Crippen molar-refractivity contribution in [2.45, 2.75) is 26.8 Å². The minimum atomic E-state index is 0.603. The predicted molar refractivity (Wildman–Crippen MR) is 78.4 cm³/mol. The molecule has 0 bridgehead atoms. The van der Waals surface area contributed by atoms with Crippen molar-refractivity contribution in [3.63, 3.8) is 0 Å². The standard InChI is InChI=1S/C14H21Cl2NO/c1-11(2)10-18-5-3-4-17-9-12-6-13(15)8-14(16)7-12/h6-8,11,17H,3-5,9-10H2,1-2H3. The van der Waals surface area contributed by atoms with Crippen LogP contribution in [-0.2, 0) is 11.3 Å². The van der Waals surface area contributed by atoms with Crippen LogP contribution in [-0.4, -0.2) is 19.8 Å². The van der Waals surface area contributed by atoms with Crippen LogP contribution in [0.15, 0.2) is 18.2 Å². The summed E-state index contributed by atoms with van der Waals surface area (Å²) in [4.78, 5) is 0. The minimum Gasteiger partial charge on any atom is -0.381 e. The Morgan fingerprint density at radius 1 is 1.17 bits per heavy atom. The van der Waals surface area contributed by atoms with E-state index in [1.165, 1.54) is 0 Å². The third kappa shape index (κ3) is 7.22. The van der Waals surface area contributed by atoms with Gasteiger partial charge in [-0.1, -0.05) is 37.0 Å². The highest BCUT2D eigenvalue weighted by atomic mass is 35.5. The summed E-state index contributed by atoms with van der Waals surface area (Å²) in [5.41, 5.74) is 1.11. The fraction of sp³-hybridized carbons (Fsp3) is 0.571. The van der Waals surface area contributed by atoms with Crippen LogP contribution >= 0.6 is 23.2 Å². The second-order valence-electron chi connectivity index (χ2n) is 4.78. The van der Waals surface area contributed by atoms with Crippen molar-refractivity contribution in [2.24, 2.45) is 5.92 Å². The van der Waals surface area contributed by atoms with Gasteiger partial charge in [-0.15, -0.1) is 0 Å². The predicted octanol–water partition coefficient (Wildman–Crippen LogP) is 4.15. The van der Waals surface area contributed by atoms with Gasteiger partial charge in [0.25, 0.3) is 0 Å². The van der Waals surface area contributed by atoms with E-state index in [0.717, 1.165) is 38.3 Å². The molecule has 0 fully saturated rings. The zero-order valence-electron chi connectivity index (χ0n) is 11.0. The summed E-state index contributed by atoms with van der Waals surface area (Å²) in [6, 6.07) is 5.60. The van der Waals surface area contributed by atoms with E-state index in [1.807, 2.05) is 12.1 Å². The van der Waals surface area contributed by atoms with Crippen LogP contribution in [0.2, 0.25) is 10.0 Å². The monoisotopic (exact) mass is 289 g/mol. The molecule has 1 rings (SSSR count). The van der Waals surface area contributed by atoms with Crippen molar-refractivity contribution in [3.05, 3.63) is 33.8 Å². The highest BCUT2D eigenvalue weighted by molar-refractivity contribution is 6.34. The lowest BCUT2D eigenvalue weighted by atomic mass is 10.2. The van der Waals surface area contributed by atoms with Gasteiger partial charge in [-0.2, -0.15) is 0 Å². The van der Waals surface area contributed by atoms with Crippen LogP contribution < -0.4 is 5.32 Å². The number of halogens is 2. The van der Waals surface area contributed by atoms with E-state index in [1.54, 1.807) is 6.07 Å². The summed E-state index contributed by atoms with van der Waals surface area (Å²) < 4.78 is 5.50. The fourth-order valence-corrected chi connectivity index (χ4v) is 2.14.